The Morgan fingerprint density at radius 1 is 0.636 bits per heavy atom. The molecule has 2 aromatic carbocycles. The van der Waals surface area contributed by atoms with Gasteiger partial charge in [0.05, 0.1) is 0 Å². The van der Waals surface area contributed by atoms with E-state index in [2.05, 4.69) is 50.2 Å². The summed E-state index contributed by atoms with van der Waals surface area (Å²) in [6, 6.07) is 13.8. The van der Waals surface area contributed by atoms with Gasteiger partial charge in [0.25, 0.3) is 0 Å². The summed E-state index contributed by atoms with van der Waals surface area (Å²) in [6.45, 7) is 4.60. The number of fused-ring (bicyclic) bond motifs is 1. The molecule has 0 unspecified atom stereocenters. The van der Waals surface area contributed by atoms with Crippen molar-refractivity contribution in [3.8, 4) is 0 Å². The Hall–Kier alpha value is -0.770. The summed E-state index contributed by atoms with van der Waals surface area (Å²) in [7, 11) is 0. The largest absolute Gasteiger partial charge is 2.00 e. The predicted octanol–water partition coefficient (Wildman–Crippen LogP) is 6.60. The second kappa shape index (κ2) is 21.7. The molecule has 0 heterocycles. The van der Waals surface area contributed by atoms with Crippen LogP contribution in [0.5, 0.6) is 0 Å². The van der Waals surface area contributed by atoms with Crippen molar-refractivity contribution in [2.24, 2.45) is 0 Å². The van der Waals surface area contributed by atoms with Gasteiger partial charge in [-0.1, -0.05) is 127 Å². The Balaban J connectivity index is 0.00000189. The third-order valence-electron chi connectivity index (χ3n) is 6.22. The molecule has 4 heteroatoms. The van der Waals surface area contributed by atoms with E-state index >= 15 is 0 Å². The van der Waals surface area contributed by atoms with Gasteiger partial charge in [0.15, 0.2) is 0 Å². The van der Waals surface area contributed by atoms with Gasteiger partial charge in [-0.2, -0.15) is 0 Å². The molecule has 0 radical (unpaired) electrons. The molecule has 33 heavy (non-hydrogen) atoms. The fraction of sp³-hybridized carbons (Fsp3) is 0.621. The second-order valence-corrected chi connectivity index (χ2v) is 8.92. The molecule has 0 amide bonds. The smallest absolute Gasteiger partial charge is 0.652 e. The monoisotopic (exact) mass is 480 g/mol. The number of rotatable bonds is 16. The number of hydrogen-bond donors (Lipinski definition) is 0. The van der Waals surface area contributed by atoms with Gasteiger partial charge in [0.2, 0.25) is 0 Å². The van der Waals surface area contributed by atoms with E-state index in [1.165, 1.54) is 114 Å². The molecule has 0 aliphatic heterocycles. The van der Waals surface area contributed by atoms with Crippen molar-refractivity contribution in [3.05, 3.63) is 47.5 Å². The summed E-state index contributed by atoms with van der Waals surface area (Å²) < 4.78 is 0. The van der Waals surface area contributed by atoms with E-state index in [1.807, 2.05) is 0 Å². The molecule has 0 aromatic heterocycles. The maximum atomic E-state index is 8.33. The minimum absolute atomic E-state index is 0. The predicted molar refractivity (Wildman–Crippen MR) is 138 cm³/mol. The van der Waals surface area contributed by atoms with Crippen molar-refractivity contribution in [1.82, 2.24) is 0 Å². The number of aryl methyl sites for hydroxylation is 2. The fourth-order valence-corrected chi connectivity index (χ4v) is 4.44. The first-order valence-electron chi connectivity index (χ1n) is 13.0. The third-order valence-corrected chi connectivity index (χ3v) is 6.22. The average molecular weight is 481 g/mol. The van der Waals surface area contributed by atoms with E-state index in [4.69, 9.17) is 15.0 Å². The first kappa shape index (κ1) is 32.2. The molecule has 2 rings (SSSR count). The maximum Gasteiger partial charge on any atom is 2.00 e. The van der Waals surface area contributed by atoms with Gasteiger partial charge in [0, 0.05) is 0 Å². The molecule has 0 aliphatic rings. The number of benzene rings is 2. The van der Waals surface area contributed by atoms with E-state index in [0.717, 1.165) is 0 Å². The number of carboxylic acid groups (broad SMARTS) is 2. The Bertz CT molecular complexity index is 741. The Morgan fingerprint density at radius 3 is 1.64 bits per heavy atom. The van der Waals surface area contributed by atoms with Crippen molar-refractivity contribution in [3.63, 3.8) is 0 Å². The third kappa shape index (κ3) is 15.7. The topological polar surface area (TPSA) is 63.2 Å². The maximum absolute atomic E-state index is 8.33. The van der Waals surface area contributed by atoms with Crippen LogP contribution in [-0.2, 0) is 12.8 Å². The van der Waals surface area contributed by atoms with Crippen LogP contribution in [0, 0.1) is 0 Å². The average Bonchev–Trinajstić information content (AvgIpc) is 2.78. The van der Waals surface area contributed by atoms with Crippen molar-refractivity contribution in [2.75, 3.05) is 0 Å². The number of carbonyl (C=O) groups excluding carboxylic acids is 1. The molecule has 0 N–H and O–H groups in total. The molecule has 0 spiro atoms. The molecule has 0 saturated carbocycles. The summed E-state index contributed by atoms with van der Waals surface area (Å²) in [4.78, 5) is 8.33. The van der Waals surface area contributed by atoms with Crippen LogP contribution in [0.15, 0.2) is 36.4 Å². The SMILES string of the molecule is CCCCCCCCCc1ccc2ccccc2c1CCCCCCCCC.O=C([O-])[O-].[Ca+2]. The fourth-order valence-electron chi connectivity index (χ4n) is 4.44. The van der Waals surface area contributed by atoms with Crippen molar-refractivity contribution < 1.29 is 15.0 Å². The molecule has 0 bridgehead atoms. The number of unbranched alkanes of at least 4 members (excludes halogenated alkanes) is 12. The van der Waals surface area contributed by atoms with E-state index in [9.17, 15) is 0 Å². The van der Waals surface area contributed by atoms with E-state index < -0.39 is 6.16 Å². The van der Waals surface area contributed by atoms with Gasteiger partial charge in [-0.15, -0.1) is 0 Å². The summed E-state index contributed by atoms with van der Waals surface area (Å²) in [5.74, 6) is 0. The Labute approximate surface area is 232 Å². The summed E-state index contributed by atoms with van der Waals surface area (Å²) in [5, 5.41) is 19.6. The van der Waals surface area contributed by atoms with Crippen LogP contribution in [0.3, 0.4) is 0 Å². The molecule has 0 fully saturated rings. The van der Waals surface area contributed by atoms with Crippen molar-refractivity contribution in [2.45, 2.75) is 117 Å². The zero-order valence-electron chi connectivity index (χ0n) is 21.2. The number of carbonyl (C=O) groups is 1. The van der Waals surface area contributed by atoms with Gasteiger partial charge >= 0.3 is 37.7 Å². The quantitative estimate of drug-likeness (QED) is 0.201. The van der Waals surface area contributed by atoms with Crippen LogP contribution in [-0.4, -0.2) is 43.9 Å². The summed E-state index contributed by atoms with van der Waals surface area (Å²) >= 11 is 0. The molecule has 2 aromatic rings. The Morgan fingerprint density at radius 2 is 1.09 bits per heavy atom. The molecule has 3 nitrogen and oxygen atoms in total. The second-order valence-electron chi connectivity index (χ2n) is 8.92. The zero-order chi connectivity index (χ0) is 23.4. The van der Waals surface area contributed by atoms with E-state index in [0.29, 0.717) is 0 Å². The molecule has 0 saturated heterocycles. The van der Waals surface area contributed by atoms with Gasteiger partial charge in [-0.05, 0) is 53.7 Å². The van der Waals surface area contributed by atoms with Crippen LogP contribution in [0.2, 0.25) is 0 Å². The molecule has 0 atom stereocenters. The molecule has 180 valence electrons. The zero-order valence-corrected chi connectivity index (χ0v) is 23.4. The van der Waals surface area contributed by atoms with Crippen LogP contribution in [0.4, 0.5) is 4.79 Å². The van der Waals surface area contributed by atoms with Crippen LogP contribution in [0.1, 0.15) is 115 Å². The van der Waals surface area contributed by atoms with Gasteiger partial charge in [0.1, 0.15) is 0 Å². The minimum atomic E-state index is -2.33. The van der Waals surface area contributed by atoms with Crippen LogP contribution in [0.25, 0.3) is 10.8 Å². The summed E-state index contributed by atoms with van der Waals surface area (Å²) in [6.07, 6.45) is 19.7. The van der Waals surface area contributed by atoms with Gasteiger partial charge in [-0.25, -0.2) is 0 Å². The first-order chi connectivity index (χ1) is 15.6. The molecule has 0 aliphatic carbocycles. The van der Waals surface area contributed by atoms with Gasteiger partial charge < -0.3 is 15.0 Å². The molecular formula is C29H44CaO3. The van der Waals surface area contributed by atoms with Gasteiger partial charge in [-0.3, -0.25) is 0 Å². The normalized spacial score (nSPS) is 10.4. The first-order valence-corrected chi connectivity index (χ1v) is 13.0. The standard InChI is InChI=1S/C28H44.CH2O3.Ca/c1-3-5-7-9-11-13-15-19-25-23-24-26-20-17-18-22-28(26)27(25)21-16-14-12-10-8-6-4-2;2-1(3)4;/h17-18,20,22-24H,3-16,19,21H2,1-2H3;(H2,2,3,4);/q;;+2/p-2. The van der Waals surface area contributed by atoms with Crippen LogP contribution < -0.4 is 10.2 Å². The minimum Gasteiger partial charge on any atom is -0.652 e. The Kier molecular flexibility index (Phi) is 21.2. The number of hydrogen-bond acceptors (Lipinski definition) is 3. The van der Waals surface area contributed by atoms with E-state index in [1.54, 1.807) is 11.1 Å². The van der Waals surface area contributed by atoms with Crippen molar-refractivity contribution in [1.29, 1.82) is 0 Å². The van der Waals surface area contributed by atoms with E-state index in [-0.39, 0.29) is 37.7 Å². The summed E-state index contributed by atoms with van der Waals surface area (Å²) in [5.41, 5.74) is 3.27. The van der Waals surface area contributed by atoms with Crippen LogP contribution >= 0.6 is 0 Å². The van der Waals surface area contributed by atoms with Crippen molar-refractivity contribution >= 4 is 54.7 Å². The molecular weight excluding hydrogens is 436 g/mol.